The number of methoxy groups -OCH3 is 1. The Balaban J connectivity index is 1.99. The van der Waals surface area contributed by atoms with Crippen molar-refractivity contribution < 1.29 is 9.47 Å². The monoisotopic (exact) mass is 382 g/mol. The summed E-state index contributed by atoms with van der Waals surface area (Å²) in [6.07, 6.45) is 9.61. The van der Waals surface area contributed by atoms with Crippen LogP contribution in [0.3, 0.4) is 0 Å². The Morgan fingerprint density at radius 3 is 2.89 bits per heavy atom. The quantitative estimate of drug-likeness (QED) is 0.347. The van der Waals surface area contributed by atoms with Crippen LogP contribution in [0, 0.1) is 5.41 Å². The zero-order valence-corrected chi connectivity index (χ0v) is 17.5. The van der Waals surface area contributed by atoms with E-state index in [0.29, 0.717) is 19.4 Å². The van der Waals surface area contributed by atoms with E-state index >= 15 is 0 Å². The molecule has 2 atom stereocenters. The lowest BCUT2D eigenvalue weighted by atomic mass is 9.77. The number of ether oxygens (including phenoxy) is 2. The molecule has 1 N–H and O–H groups in total. The second-order valence-corrected chi connectivity index (χ2v) is 7.79. The van der Waals surface area contributed by atoms with Gasteiger partial charge in [-0.15, -0.1) is 6.58 Å². The molecule has 3 rings (SSSR count). The number of nitrogens with zero attached hydrogens (tertiary/aromatic N) is 1. The zero-order valence-electron chi connectivity index (χ0n) is 17.5. The van der Waals surface area contributed by atoms with Gasteiger partial charge in [0, 0.05) is 42.2 Å². The van der Waals surface area contributed by atoms with Crippen LogP contribution in [0.25, 0.3) is 10.9 Å². The lowest BCUT2D eigenvalue weighted by Gasteiger charge is -2.41. The number of para-hydroxylation sites is 1. The minimum atomic E-state index is -0.0245. The number of hydrogen-bond donors (Lipinski definition) is 1. The summed E-state index contributed by atoms with van der Waals surface area (Å²) >= 11 is 0. The molecule has 0 saturated heterocycles. The SMILES string of the molecule is C=CCN1CCc2c([nH]c3ccccc23)[C@@H]1C[C@](/C=C/C)(CC)COCOC. The Labute approximate surface area is 169 Å². The van der Waals surface area contributed by atoms with Crippen molar-refractivity contribution in [1.29, 1.82) is 0 Å². The molecular weight excluding hydrogens is 348 g/mol. The lowest BCUT2D eigenvalue weighted by Crippen LogP contribution is -2.39. The van der Waals surface area contributed by atoms with E-state index in [4.69, 9.17) is 9.47 Å². The molecule has 0 aliphatic carbocycles. The van der Waals surface area contributed by atoms with Gasteiger partial charge in [0.05, 0.1) is 12.6 Å². The van der Waals surface area contributed by atoms with Gasteiger partial charge in [0.15, 0.2) is 0 Å². The van der Waals surface area contributed by atoms with Crippen LogP contribution in [0.15, 0.2) is 49.1 Å². The normalized spacial score (nSPS) is 19.8. The van der Waals surface area contributed by atoms with E-state index in [0.717, 1.165) is 32.4 Å². The molecule has 1 aromatic carbocycles. The summed E-state index contributed by atoms with van der Waals surface area (Å²) in [6.45, 7) is 11.3. The van der Waals surface area contributed by atoms with E-state index in [1.54, 1.807) is 7.11 Å². The molecule has 0 saturated carbocycles. The van der Waals surface area contributed by atoms with Crippen molar-refractivity contribution in [3.8, 4) is 0 Å². The summed E-state index contributed by atoms with van der Waals surface area (Å²) in [5, 5.41) is 1.37. The minimum absolute atomic E-state index is 0.0245. The third-order valence-electron chi connectivity index (χ3n) is 6.05. The maximum absolute atomic E-state index is 5.85. The molecule has 28 heavy (non-hydrogen) atoms. The van der Waals surface area contributed by atoms with E-state index in [9.17, 15) is 0 Å². The third kappa shape index (κ3) is 4.24. The number of fused-ring (bicyclic) bond motifs is 3. The fraction of sp³-hybridized carbons (Fsp3) is 0.500. The Bertz CT molecular complexity index is 810. The zero-order chi connectivity index (χ0) is 20.0. The van der Waals surface area contributed by atoms with Crippen molar-refractivity contribution in [3.63, 3.8) is 0 Å². The molecule has 2 heterocycles. The lowest BCUT2D eigenvalue weighted by molar-refractivity contribution is -0.0621. The second-order valence-electron chi connectivity index (χ2n) is 7.79. The number of nitrogens with one attached hydrogen (secondary N) is 1. The van der Waals surface area contributed by atoms with E-state index in [-0.39, 0.29) is 5.41 Å². The number of H-pyrrole nitrogens is 1. The largest absolute Gasteiger partial charge is 0.359 e. The van der Waals surface area contributed by atoms with Gasteiger partial charge >= 0.3 is 0 Å². The standard InChI is InChI=1S/C24H34N2O2/c1-5-13-24(7-3,17-28-18-27-4)16-22-23-20(12-15-26(22)14-6-2)19-10-8-9-11-21(19)25-23/h5-6,8-11,13,22,25H,2,7,12,14-18H2,1,3-4H3/b13-5+/t22-,24+/m0/s1. The maximum atomic E-state index is 5.85. The van der Waals surface area contributed by atoms with Crippen LogP contribution in [-0.4, -0.2) is 43.5 Å². The van der Waals surface area contributed by atoms with Gasteiger partial charge in [-0.1, -0.05) is 43.4 Å². The first-order chi connectivity index (χ1) is 13.7. The molecule has 0 radical (unpaired) electrons. The second kappa shape index (κ2) is 9.55. The fourth-order valence-electron chi connectivity index (χ4n) is 4.59. The molecule has 0 bridgehead atoms. The molecule has 152 valence electrons. The highest BCUT2D eigenvalue weighted by atomic mass is 16.7. The fourth-order valence-corrected chi connectivity index (χ4v) is 4.59. The molecule has 0 unspecified atom stereocenters. The first-order valence-corrected chi connectivity index (χ1v) is 10.3. The molecule has 1 aliphatic rings. The van der Waals surface area contributed by atoms with Gasteiger partial charge in [0.1, 0.15) is 6.79 Å². The van der Waals surface area contributed by atoms with Crippen molar-refractivity contribution in [1.82, 2.24) is 9.88 Å². The number of hydrogen-bond acceptors (Lipinski definition) is 3. The smallest absolute Gasteiger partial charge is 0.146 e. The molecule has 0 spiro atoms. The predicted octanol–water partition coefficient (Wildman–Crippen LogP) is 5.24. The van der Waals surface area contributed by atoms with Gasteiger partial charge in [-0.3, -0.25) is 4.90 Å². The molecule has 0 fully saturated rings. The van der Waals surface area contributed by atoms with Crippen LogP contribution in [0.1, 0.15) is 44.0 Å². The van der Waals surface area contributed by atoms with Crippen molar-refractivity contribution >= 4 is 10.9 Å². The number of rotatable bonds is 10. The highest BCUT2D eigenvalue weighted by Gasteiger charge is 2.36. The molecule has 1 aromatic heterocycles. The summed E-state index contributed by atoms with van der Waals surface area (Å²) in [5.74, 6) is 0. The first kappa shape index (κ1) is 20.8. The molecule has 4 heteroatoms. The van der Waals surface area contributed by atoms with Crippen LogP contribution in [0.5, 0.6) is 0 Å². The van der Waals surface area contributed by atoms with E-state index in [2.05, 4.69) is 66.7 Å². The Hall–Kier alpha value is -1.88. The number of benzene rings is 1. The molecule has 2 aromatic rings. The van der Waals surface area contributed by atoms with Crippen molar-refractivity contribution in [2.24, 2.45) is 5.41 Å². The van der Waals surface area contributed by atoms with E-state index in [1.807, 2.05) is 6.08 Å². The summed E-state index contributed by atoms with van der Waals surface area (Å²) in [6, 6.07) is 8.98. The highest BCUT2D eigenvalue weighted by molar-refractivity contribution is 5.85. The molecule has 4 nitrogen and oxygen atoms in total. The number of allylic oxidation sites excluding steroid dienone is 1. The van der Waals surface area contributed by atoms with Gasteiger partial charge in [-0.2, -0.15) is 0 Å². The summed E-state index contributed by atoms with van der Waals surface area (Å²) < 4.78 is 11.0. The number of aromatic amines is 1. The maximum Gasteiger partial charge on any atom is 0.146 e. The van der Waals surface area contributed by atoms with Gasteiger partial charge in [-0.05, 0) is 37.8 Å². The van der Waals surface area contributed by atoms with Gasteiger partial charge in [-0.25, -0.2) is 0 Å². The third-order valence-corrected chi connectivity index (χ3v) is 6.05. The van der Waals surface area contributed by atoms with Crippen molar-refractivity contribution in [2.45, 2.75) is 39.2 Å². The summed E-state index contributed by atoms with van der Waals surface area (Å²) in [4.78, 5) is 6.30. The van der Waals surface area contributed by atoms with Gasteiger partial charge in [0.25, 0.3) is 0 Å². The average Bonchev–Trinajstić information content (AvgIpc) is 3.09. The predicted molar refractivity (Wildman–Crippen MR) is 116 cm³/mol. The Morgan fingerprint density at radius 2 is 2.18 bits per heavy atom. The van der Waals surface area contributed by atoms with Crippen LogP contribution in [-0.2, 0) is 15.9 Å². The van der Waals surface area contributed by atoms with Crippen LogP contribution in [0.4, 0.5) is 0 Å². The van der Waals surface area contributed by atoms with E-state index < -0.39 is 0 Å². The molecule has 1 aliphatic heterocycles. The number of aromatic nitrogens is 1. The Kier molecular flexibility index (Phi) is 7.11. The van der Waals surface area contributed by atoms with Gasteiger partial charge in [0.2, 0.25) is 0 Å². The average molecular weight is 383 g/mol. The van der Waals surface area contributed by atoms with Gasteiger partial charge < -0.3 is 14.5 Å². The van der Waals surface area contributed by atoms with Crippen LogP contribution >= 0.6 is 0 Å². The van der Waals surface area contributed by atoms with Crippen LogP contribution in [0.2, 0.25) is 0 Å². The van der Waals surface area contributed by atoms with Crippen molar-refractivity contribution in [3.05, 3.63) is 60.3 Å². The Morgan fingerprint density at radius 1 is 1.36 bits per heavy atom. The molecule has 0 amide bonds. The van der Waals surface area contributed by atoms with Crippen molar-refractivity contribution in [2.75, 3.05) is 33.6 Å². The first-order valence-electron chi connectivity index (χ1n) is 10.3. The molecular formula is C24H34N2O2. The highest BCUT2D eigenvalue weighted by Crippen LogP contribution is 2.43. The van der Waals surface area contributed by atoms with Crippen LogP contribution < -0.4 is 0 Å². The summed E-state index contributed by atoms with van der Waals surface area (Å²) in [7, 11) is 1.67. The van der Waals surface area contributed by atoms with E-state index in [1.165, 1.54) is 22.2 Å². The summed E-state index contributed by atoms with van der Waals surface area (Å²) in [5.41, 5.74) is 4.05. The minimum Gasteiger partial charge on any atom is -0.359 e. The topological polar surface area (TPSA) is 37.5 Å².